The topological polar surface area (TPSA) is 32.3 Å². The van der Waals surface area contributed by atoms with Crippen molar-refractivity contribution in [2.45, 2.75) is 25.9 Å². The summed E-state index contributed by atoms with van der Waals surface area (Å²) in [5, 5.41) is 12.2. The summed E-state index contributed by atoms with van der Waals surface area (Å²) < 4.78 is 12.8. The van der Waals surface area contributed by atoms with Crippen molar-refractivity contribution in [3.63, 3.8) is 0 Å². The van der Waals surface area contributed by atoms with Crippen molar-refractivity contribution in [3.8, 4) is 0 Å². The lowest BCUT2D eigenvalue weighted by atomic mass is 10.1. The van der Waals surface area contributed by atoms with Crippen LogP contribution in [0.1, 0.15) is 18.9 Å². The molecule has 1 atom stereocenters. The van der Waals surface area contributed by atoms with Crippen molar-refractivity contribution < 1.29 is 9.50 Å². The van der Waals surface area contributed by atoms with Gasteiger partial charge in [0.1, 0.15) is 5.82 Å². The molecule has 0 saturated carbocycles. The van der Waals surface area contributed by atoms with Crippen LogP contribution in [-0.2, 0) is 6.42 Å². The fourth-order valence-electron chi connectivity index (χ4n) is 1.36. The number of aliphatic hydroxyl groups is 1. The van der Waals surface area contributed by atoms with Crippen molar-refractivity contribution >= 4 is 0 Å². The molecule has 0 aromatic heterocycles. The second kappa shape index (κ2) is 6.53. The van der Waals surface area contributed by atoms with E-state index in [1.54, 1.807) is 19.1 Å². The van der Waals surface area contributed by atoms with Gasteiger partial charge in [0, 0.05) is 0 Å². The number of benzene rings is 1. The van der Waals surface area contributed by atoms with Crippen molar-refractivity contribution in [2.24, 2.45) is 0 Å². The van der Waals surface area contributed by atoms with E-state index in [4.69, 9.17) is 5.11 Å². The summed E-state index contributed by atoms with van der Waals surface area (Å²) in [5.74, 6) is -0.184. The van der Waals surface area contributed by atoms with Crippen LogP contribution in [0.25, 0.3) is 0 Å². The Bertz CT molecular complexity index is 289. The summed E-state index contributed by atoms with van der Waals surface area (Å²) >= 11 is 0. The van der Waals surface area contributed by atoms with Crippen LogP contribution < -0.4 is 5.32 Å². The third kappa shape index (κ3) is 5.50. The Labute approximate surface area is 90.1 Å². The van der Waals surface area contributed by atoms with Gasteiger partial charge < -0.3 is 10.4 Å². The van der Waals surface area contributed by atoms with Crippen LogP contribution in [-0.4, -0.2) is 24.3 Å². The van der Waals surface area contributed by atoms with Gasteiger partial charge in [-0.3, -0.25) is 0 Å². The van der Waals surface area contributed by atoms with Crippen LogP contribution in [0.5, 0.6) is 0 Å². The average Bonchev–Trinajstić information content (AvgIpc) is 2.17. The number of nitrogens with one attached hydrogen (secondary N) is 1. The minimum absolute atomic E-state index is 0.184. The maximum Gasteiger partial charge on any atom is 0.123 e. The summed E-state index contributed by atoms with van der Waals surface area (Å²) in [6.45, 7) is 3.39. The standard InChI is InChI=1S/C12H18FNO/c1-10(15)5-7-14-8-6-11-3-2-4-12(13)9-11/h2-4,9-10,14-15H,5-8H2,1H3. The predicted octanol–water partition coefficient (Wildman–Crippen LogP) is 1.73. The van der Waals surface area contributed by atoms with E-state index in [0.717, 1.165) is 31.5 Å². The van der Waals surface area contributed by atoms with Crippen LogP contribution in [0.3, 0.4) is 0 Å². The average molecular weight is 211 g/mol. The van der Waals surface area contributed by atoms with Gasteiger partial charge in [0.05, 0.1) is 6.10 Å². The number of hydrogen-bond donors (Lipinski definition) is 2. The molecule has 0 radical (unpaired) electrons. The lowest BCUT2D eigenvalue weighted by Crippen LogP contribution is -2.21. The maximum absolute atomic E-state index is 12.8. The first-order valence-corrected chi connectivity index (χ1v) is 5.31. The molecule has 0 aliphatic carbocycles. The molecular formula is C12H18FNO. The molecule has 1 aromatic carbocycles. The minimum Gasteiger partial charge on any atom is -0.393 e. The summed E-state index contributed by atoms with van der Waals surface area (Å²) in [6, 6.07) is 6.64. The van der Waals surface area contributed by atoms with Crippen molar-refractivity contribution in [1.29, 1.82) is 0 Å². The Morgan fingerprint density at radius 3 is 2.87 bits per heavy atom. The van der Waals surface area contributed by atoms with Gasteiger partial charge in [-0.25, -0.2) is 4.39 Å². The lowest BCUT2D eigenvalue weighted by molar-refractivity contribution is 0.184. The van der Waals surface area contributed by atoms with E-state index in [1.807, 2.05) is 6.07 Å². The van der Waals surface area contributed by atoms with Gasteiger partial charge in [-0.1, -0.05) is 12.1 Å². The normalized spacial score (nSPS) is 12.7. The first kappa shape index (κ1) is 12.1. The van der Waals surface area contributed by atoms with Gasteiger partial charge in [-0.2, -0.15) is 0 Å². The molecular weight excluding hydrogens is 193 g/mol. The van der Waals surface area contributed by atoms with Crippen LogP contribution in [0, 0.1) is 5.82 Å². The molecule has 0 aliphatic rings. The van der Waals surface area contributed by atoms with E-state index in [9.17, 15) is 4.39 Å². The highest BCUT2D eigenvalue weighted by Gasteiger charge is 1.96. The van der Waals surface area contributed by atoms with Gasteiger partial charge in [-0.05, 0) is 50.6 Å². The van der Waals surface area contributed by atoms with Crippen molar-refractivity contribution in [2.75, 3.05) is 13.1 Å². The Hall–Kier alpha value is -0.930. The number of rotatable bonds is 6. The van der Waals surface area contributed by atoms with Gasteiger partial charge in [0.15, 0.2) is 0 Å². The van der Waals surface area contributed by atoms with Crippen LogP contribution >= 0.6 is 0 Å². The second-order valence-corrected chi connectivity index (χ2v) is 3.77. The Kier molecular flexibility index (Phi) is 5.29. The number of halogens is 1. The van der Waals surface area contributed by atoms with Gasteiger partial charge >= 0.3 is 0 Å². The van der Waals surface area contributed by atoms with E-state index < -0.39 is 0 Å². The highest BCUT2D eigenvalue weighted by Crippen LogP contribution is 2.03. The van der Waals surface area contributed by atoms with E-state index in [2.05, 4.69) is 5.32 Å². The molecule has 1 aromatic rings. The first-order valence-electron chi connectivity index (χ1n) is 5.31. The van der Waals surface area contributed by atoms with Crippen molar-refractivity contribution in [1.82, 2.24) is 5.32 Å². The number of aliphatic hydroxyl groups excluding tert-OH is 1. The Morgan fingerprint density at radius 1 is 1.40 bits per heavy atom. The summed E-state index contributed by atoms with van der Waals surface area (Å²) in [4.78, 5) is 0. The molecule has 15 heavy (non-hydrogen) atoms. The fourth-order valence-corrected chi connectivity index (χ4v) is 1.36. The largest absolute Gasteiger partial charge is 0.393 e. The van der Waals surface area contributed by atoms with E-state index in [-0.39, 0.29) is 11.9 Å². The molecule has 0 aliphatic heterocycles. The molecule has 0 fully saturated rings. The molecule has 0 heterocycles. The Balaban J connectivity index is 2.15. The van der Waals surface area contributed by atoms with Gasteiger partial charge in [0.25, 0.3) is 0 Å². The molecule has 1 unspecified atom stereocenters. The summed E-state index contributed by atoms with van der Waals surface area (Å²) in [7, 11) is 0. The van der Waals surface area contributed by atoms with Gasteiger partial charge in [0.2, 0.25) is 0 Å². The zero-order chi connectivity index (χ0) is 11.1. The predicted molar refractivity (Wildman–Crippen MR) is 59.3 cm³/mol. The highest BCUT2D eigenvalue weighted by atomic mass is 19.1. The third-order valence-corrected chi connectivity index (χ3v) is 2.22. The van der Waals surface area contributed by atoms with Crippen molar-refractivity contribution in [3.05, 3.63) is 35.6 Å². The maximum atomic E-state index is 12.8. The smallest absolute Gasteiger partial charge is 0.123 e. The van der Waals surface area contributed by atoms with Crippen LogP contribution in [0.15, 0.2) is 24.3 Å². The zero-order valence-electron chi connectivity index (χ0n) is 9.04. The molecule has 0 saturated heterocycles. The summed E-state index contributed by atoms with van der Waals surface area (Å²) in [6.07, 6.45) is 1.31. The molecule has 2 nitrogen and oxygen atoms in total. The van der Waals surface area contributed by atoms with Crippen LogP contribution in [0.4, 0.5) is 4.39 Å². The monoisotopic (exact) mass is 211 g/mol. The molecule has 0 amide bonds. The number of hydrogen-bond acceptors (Lipinski definition) is 2. The second-order valence-electron chi connectivity index (χ2n) is 3.77. The fraction of sp³-hybridized carbons (Fsp3) is 0.500. The molecule has 0 bridgehead atoms. The van der Waals surface area contributed by atoms with Crippen LogP contribution in [0.2, 0.25) is 0 Å². The zero-order valence-corrected chi connectivity index (χ0v) is 9.04. The van der Waals surface area contributed by atoms with E-state index >= 15 is 0 Å². The summed E-state index contributed by atoms with van der Waals surface area (Å²) in [5.41, 5.74) is 1.000. The minimum atomic E-state index is -0.258. The Morgan fingerprint density at radius 2 is 2.20 bits per heavy atom. The first-order chi connectivity index (χ1) is 7.18. The molecule has 2 N–H and O–H groups in total. The highest BCUT2D eigenvalue weighted by molar-refractivity contribution is 5.16. The SMILES string of the molecule is CC(O)CCNCCc1cccc(F)c1. The molecule has 1 rings (SSSR count). The third-order valence-electron chi connectivity index (χ3n) is 2.22. The molecule has 0 spiro atoms. The molecule has 3 heteroatoms. The molecule has 84 valence electrons. The van der Waals surface area contributed by atoms with E-state index in [1.165, 1.54) is 6.07 Å². The quantitative estimate of drug-likeness (QED) is 0.702. The lowest BCUT2D eigenvalue weighted by Gasteiger charge is -2.06. The van der Waals surface area contributed by atoms with Gasteiger partial charge in [-0.15, -0.1) is 0 Å². The van der Waals surface area contributed by atoms with E-state index in [0.29, 0.717) is 0 Å².